The Balaban J connectivity index is 1.16. The Bertz CT molecular complexity index is 3740. The molecule has 4 nitrogen and oxygen atoms in total. The fourth-order valence-corrected chi connectivity index (χ4v) is 11.4. The minimum absolute atomic E-state index is 0.0274. The summed E-state index contributed by atoms with van der Waals surface area (Å²) in [5.74, 6) is 0. The van der Waals surface area contributed by atoms with E-state index >= 15 is 0 Å². The van der Waals surface area contributed by atoms with Crippen LogP contribution in [-0.2, 0) is 10.8 Å². The zero-order chi connectivity index (χ0) is 40.0. The number of benzene rings is 8. The zero-order valence-corrected chi connectivity index (χ0v) is 34.1. The highest BCUT2D eigenvalue weighted by molar-refractivity contribution is 6.94. The molecule has 0 atom stereocenters. The molecular weight excluding hydrogens is 731 g/mol. The third kappa shape index (κ3) is 3.98. The Morgan fingerprint density at radius 1 is 0.500 bits per heavy atom. The fraction of sp³-hybridized carbons (Fsp3) is 0.127. The van der Waals surface area contributed by atoms with Gasteiger partial charge in [-0.1, -0.05) is 120 Å². The number of anilines is 2. The minimum atomic E-state index is -0.138. The Morgan fingerprint density at radius 2 is 1.17 bits per heavy atom. The second-order valence-electron chi connectivity index (χ2n) is 18.9. The third-order valence-corrected chi connectivity index (χ3v) is 14.3. The van der Waals surface area contributed by atoms with Crippen LogP contribution in [0.1, 0.15) is 51.3 Å². The molecular formula is C55H39BN2O2. The molecule has 0 amide bonds. The van der Waals surface area contributed by atoms with Crippen molar-refractivity contribution in [2.24, 2.45) is 0 Å². The van der Waals surface area contributed by atoms with E-state index < -0.39 is 0 Å². The molecule has 284 valence electrons. The van der Waals surface area contributed by atoms with Gasteiger partial charge in [0.2, 0.25) is 0 Å². The third-order valence-electron chi connectivity index (χ3n) is 14.3. The Hall–Kier alpha value is -6.98. The lowest BCUT2D eigenvalue weighted by molar-refractivity contribution is 0.590. The molecule has 5 heteroatoms. The van der Waals surface area contributed by atoms with Gasteiger partial charge in [-0.05, 0) is 110 Å². The molecule has 0 saturated heterocycles. The second kappa shape index (κ2) is 10.8. The maximum atomic E-state index is 6.73. The van der Waals surface area contributed by atoms with E-state index in [2.05, 4.69) is 190 Å². The van der Waals surface area contributed by atoms with Gasteiger partial charge in [0.25, 0.3) is 0 Å². The van der Waals surface area contributed by atoms with E-state index in [0.29, 0.717) is 0 Å². The molecule has 0 N–H and O–H groups in total. The van der Waals surface area contributed by atoms with Gasteiger partial charge in [0.1, 0.15) is 22.3 Å². The number of nitrogens with zero attached hydrogens (tertiary/aromatic N) is 2. The first-order chi connectivity index (χ1) is 29.1. The molecule has 0 fully saturated rings. The number of aromatic nitrogens is 1. The summed E-state index contributed by atoms with van der Waals surface area (Å²) in [6, 6.07) is 54.4. The molecule has 0 unspecified atom stereocenters. The number of hydrogen-bond donors (Lipinski definition) is 0. The predicted molar refractivity (Wildman–Crippen MR) is 251 cm³/mol. The van der Waals surface area contributed by atoms with Crippen LogP contribution < -0.4 is 15.7 Å². The highest BCUT2D eigenvalue weighted by Gasteiger charge is 2.45. The Labute approximate surface area is 347 Å². The van der Waals surface area contributed by atoms with Crippen molar-refractivity contribution >= 4 is 94.8 Å². The summed E-state index contributed by atoms with van der Waals surface area (Å²) in [4.78, 5) is 2.61. The van der Waals surface area contributed by atoms with Crippen molar-refractivity contribution in [2.75, 3.05) is 4.81 Å². The van der Waals surface area contributed by atoms with Crippen LogP contribution in [0, 0.1) is 0 Å². The standard InChI is InChI=1S/C55H39BN2O2/c1-54(2,3)30-18-20-31(21-19-30)58-46-25-40-33-13-7-10-16-48(33)59-50(40)27-39(46)35-22-23-36-38-24-37-32-12-6-9-15-42(32)55(4,5)43(37)28-45(38)57-47-26-41-34-14-8-11-17-49(34)60-51(41)29-44(47)56(58)52(35)53(36)57/h6-29H,1-5H3. The Morgan fingerprint density at radius 3 is 1.90 bits per heavy atom. The molecule has 60 heavy (non-hydrogen) atoms. The molecule has 0 spiro atoms. The van der Waals surface area contributed by atoms with E-state index in [4.69, 9.17) is 8.83 Å². The summed E-state index contributed by atoms with van der Waals surface area (Å²) in [6.07, 6.45) is 0. The van der Waals surface area contributed by atoms with Gasteiger partial charge in [-0.25, -0.2) is 0 Å². The van der Waals surface area contributed by atoms with Crippen molar-refractivity contribution in [1.29, 1.82) is 0 Å². The molecule has 3 aromatic heterocycles. The van der Waals surface area contributed by atoms with E-state index in [0.717, 1.165) is 49.6 Å². The van der Waals surface area contributed by atoms with Gasteiger partial charge in [0.05, 0.1) is 11.0 Å². The maximum Gasteiger partial charge on any atom is 0.333 e. The summed E-state index contributed by atoms with van der Waals surface area (Å²) in [6.45, 7) is 11.5. The van der Waals surface area contributed by atoms with Gasteiger partial charge in [0, 0.05) is 60.4 Å². The molecule has 14 rings (SSSR count). The normalized spacial score (nSPS) is 14.8. The van der Waals surface area contributed by atoms with Crippen molar-refractivity contribution < 1.29 is 8.83 Å². The molecule has 5 heterocycles. The van der Waals surface area contributed by atoms with Gasteiger partial charge < -0.3 is 18.2 Å². The van der Waals surface area contributed by atoms with Crippen LogP contribution in [0.4, 0.5) is 11.4 Å². The van der Waals surface area contributed by atoms with Crippen LogP contribution in [0.25, 0.3) is 93.6 Å². The average molecular weight is 771 g/mol. The van der Waals surface area contributed by atoms with Crippen molar-refractivity contribution in [3.8, 4) is 27.9 Å². The van der Waals surface area contributed by atoms with Crippen molar-refractivity contribution in [3.63, 3.8) is 0 Å². The molecule has 0 radical (unpaired) electrons. The van der Waals surface area contributed by atoms with E-state index in [1.807, 2.05) is 0 Å². The number of hydrogen-bond acceptors (Lipinski definition) is 3. The molecule has 1 aliphatic carbocycles. The number of rotatable bonds is 1. The van der Waals surface area contributed by atoms with Crippen LogP contribution in [0.5, 0.6) is 0 Å². The molecule has 3 aliphatic rings. The van der Waals surface area contributed by atoms with E-state index in [-0.39, 0.29) is 17.7 Å². The number of fused-ring (bicyclic) bond motifs is 17. The molecule has 11 aromatic rings. The quantitative estimate of drug-likeness (QED) is 0.156. The summed E-state index contributed by atoms with van der Waals surface area (Å²) in [5.41, 5.74) is 21.3. The minimum Gasteiger partial charge on any atom is -0.456 e. The number of furan rings is 2. The second-order valence-corrected chi connectivity index (χ2v) is 18.9. The van der Waals surface area contributed by atoms with Gasteiger partial charge in [0.15, 0.2) is 0 Å². The van der Waals surface area contributed by atoms with Crippen LogP contribution in [-0.4, -0.2) is 11.4 Å². The molecule has 8 aromatic carbocycles. The van der Waals surface area contributed by atoms with Crippen molar-refractivity contribution in [3.05, 3.63) is 162 Å². The smallest absolute Gasteiger partial charge is 0.333 e. The first-order valence-electron chi connectivity index (χ1n) is 21.2. The summed E-state index contributed by atoms with van der Waals surface area (Å²) in [7, 11) is 0. The molecule has 0 saturated carbocycles. The summed E-state index contributed by atoms with van der Waals surface area (Å²) in [5, 5.41) is 7.08. The van der Waals surface area contributed by atoms with Crippen LogP contribution >= 0.6 is 0 Å². The SMILES string of the molecule is CC(C)(C)c1ccc(N2B3c4cc5oc6ccccc6c5cc4-n4c5cc6c(cc5c5ccc(c3c54)-c3cc4oc5ccccc5c4cc32)-c2ccccc2C6(C)C)cc1. The van der Waals surface area contributed by atoms with Crippen molar-refractivity contribution in [1.82, 2.24) is 4.57 Å². The lowest BCUT2D eigenvalue weighted by atomic mass is 9.44. The zero-order valence-electron chi connectivity index (χ0n) is 34.1. The molecule has 2 aliphatic heterocycles. The maximum absolute atomic E-state index is 6.73. The Kier molecular flexibility index (Phi) is 5.92. The lowest BCUT2D eigenvalue weighted by Crippen LogP contribution is -2.60. The van der Waals surface area contributed by atoms with Crippen LogP contribution in [0.3, 0.4) is 0 Å². The van der Waals surface area contributed by atoms with E-state index in [9.17, 15) is 0 Å². The van der Waals surface area contributed by atoms with E-state index in [1.165, 1.54) is 83.1 Å². The van der Waals surface area contributed by atoms with Gasteiger partial charge in [-0.3, -0.25) is 0 Å². The van der Waals surface area contributed by atoms with E-state index in [1.54, 1.807) is 0 Å². The topological polar surface area (TPSA) is 34.5 Å². The van der Waals surface area contributed by atoms with Gasteiger partial charge >= 0.3 is 6.85 Å². The van der Waals surface area contributed by atoms with Gasteiger partial charge in [-0.15, -0.1) is 0 Å². The fourth-order valence-electron chi connectivity index (χ4n) is 11.4. The highest BCUT2D eigenvalue weighted by Crippen LogP contribution is 2.53. The van der Waals surface area contributed by atoms with Crippen LogP contribution in [0.2, 0.25) is 0 Å². The monoisotopic (exact) mass is 770 g/mol. The number of para-hydroxylation sites is 2. The van der Waals surface area contributed by atoms with Gasteiger partial charge in [-0.2, -0.15) is 0 Å². The first-order valence-corrected chi connectivity index (χ1v) is 21.2. The summed E-state index contributed by atoms with van der Waals surface area (Å²) >= 11 is 0. The summed E-state index contributed by atoms with van der Waals surface area (Å²) < 4.78 is 15.9. The largest absolute Gasteiger partial charge is 0.456 e. The first kappa shape index (κ1) is 32.9. The van der Waals surface area contributed by atoms with Crippen LogP contribution in [0.15, 0.2) is 154 Å². The lowest BCUT2D eigenvalue weighted by Gasteiger charge is -2.42. The molecule has 0 bridgehead atoms. The van der Waals surface area contributed by atoms with Crippen molar-refractivity contribution in [2.45, 2.75) is 45.4 Å². The average Bonchev–Trinajstić information content (AvgIpc) is 3.97. The highest BCUT2D eigenvalue weighted by atomic mass is 16.3. The predicted octanol–water partition coefficient (Wildman–Crippen LogP) is 13.4.